The third-order valence-corrected chi connectivity index (χ3v) is 4.32. The second kappa shape index (κ2) is 8.56. The number of hydrogen-bond donors (Lipinski definition) is 2. The quantitative estimate of drug-likeness (QED) is 0.761. The van der Waals surface area contributed by atoms with Gasteiger partial charge in [0.15, 0.2) is 0 Å². The summed E-state index contributed by atoms with van der Waals surface area (Å²) < 4.78 is 5.40. The number of amides is 2. The molecule has 5 nitrogen and oxygen atoms in total. The van der Waals surface area contributed by atoms with Gasteiger partial charge >= 0.3 is 0 Å². The van der Waals surface area contributed by atoms with Crippen LogP contribution in [0.4, 0.5) is 5.69 Å². The Morgan fingerprint density at radius 2 is 1.89 bits per heavy atom. The van der Waals surface area contributed by atoms with Crippen molar-refractivity contribution in [3.05, 3.63) is 88.8 Å². The molecule has 2 N–H and O–H groups in total. The summed E-state index contributed by atoms with van der Waals surface area (Å²) in [6.45, 7) is 1.96. The van der Waals surface area contributed by atoms with Crippen LogP contribution in [0.15, 0.2) is 72.6 Å². The number of carbonyl (C=O) groups excluding carboxylic acids is 2. The molecule has 2 amide bonds. The number of rotatable bonds is 5. The first-order valence-corrected chi connectivity index (χ1v) is 8.87. The van der Waals surface area contributed by atoms with E-state index >= 15 is 0 Å². The molecule has 0 fully saturated rings. The van der Waals surface area contributed by atoms with Crippen molar-refractivity contribution in [2.75, 3.05) is 5.32 Å². The third-order valence-electron chi connectivity index (χ3n) is 3.99. The Morgan fingerprint density at radius 3 is 2.56 bits per heavy atom. The maximum atomic E-state index is 12.7. The molecule has 138 valence electrons. The van der Waals surface area contributed by atoms with E-state index in [0.717, 1.165) is 5.56 Å². The molecule has 27 heavy (non-hydrogen) atoms. The highest BCUT2D eigenvalue weighted by atomic mass is 35.5. The van der Waals surface area contributed by atoms with Gasteiger partial charge in [-0.3, -0.25) is 9.59 Å². The predicted octanol–water partition coefficient (Wildman–Crippen LogP) is 4.20. The van der Waals surface area contributed by atoms with Crippen LogP contribution in [0.5, 0.6) is 0 Å². The zero-order chi connectivity index (χ0) is 19.2. The van der Waals surface area contributed by atoms with Gasteiger partial charge in [0.05, 0.1) is 16.8 Å². The van der Waals surface area contributed by atoms with Crippen molar-refractivity contribution < 1.29 is 14.3 Å². The first-order chi connectivity index (χ1) is 13.0. The standard InChI is InChI=1S/C21H19ClN2O3/c1-14-8-10-15(11-9-14)23-21(26)19(13-16-5-4-12-27-16)24-20(25)17-6-2-3-7-18(17)22/h2-4,6-13,16H,5H2,1H3,(H,23,26)(H,24,25)/b19-13+. The van der Waals surface area contributed by atoms with E-state index in [1.165, 1.54) is 0 Å². The van der Waals surface area contributed by atoms with Gasteiger partial charge in [0.2, 0.25) is 0 Å². The SMILES string of the molecule is Cc1ccc(NC(=O)/C(=C\C2CC=CO2)NC(=O)c2ccccc2Cl)cc1. The number of halogens is 1. The fraction of sp³-hybridized carbons (Fsp3) is 0.143. The molecule has 0 bridgehead atoms. The molecule has 1 aliphatic rings. The highest BCUT2D eigenvalue weighted by molar-refractivity contribution is 6.34. The minimum Gasteiger partial charge on any atom is -0.494 e. The summed E-state index contributed by atoms with van der Waals surface area (Å²) in [4.78, 5) is 25.3. The monoisotopic (exact) mass is 382 g/mol. The Bertz CT molecular complexity index is 896. The van der Waals surface area contributed by atoms with Gasteiger partial charge in [0.1, 0.15) is 11.8 Å². The Kier molecular flexibility index (Phi) is 5.94. The van der Waals surface area contributed by atoms with E-state index in [1.54, 1.807) is 48.7 Å². The summed E-state index contributed by atoms with van der Waals surface area (Å²) in [6.07, 6.45) is 5.34. The maximum Gasteiger partial charge on any atom is 0.271 e. The Balaban J connectivity index is 1.80. The van der Waals surface area contributed by atoms with Crippen molar-refractivity contribution in [3.63, 3.8) is 0 Å². The highest BCUT2D eigenvalue weighted by Gasteiger charge is 2.19. The Hall–Kier alpha value is -3.05. The van der Waals surface area contributed by atoms with Gasteiger partial charge in [-0.25, -0.2) is 0 Å². The van der Waals surface area contributed by atoms with Crippen LogP contribution < -0.4 is 10.6 Å². The number of hydrogen-bond acceptors (Lipinski definition) is 3. The second-order valence-corrected chi connectivity index (χ2v) is 6.52. The van der Waals surface area contributed by atoms with Gasteiger partial charge < -0.3 is 15.4 Å². The van der Waals surface area contributed by atoms with Crippen LogP contribution in [-0.4, -0.2) is 17.9 Å². The molecule has 0 aliphatic carbocycles. The topological polar surface area (TPSA) is 67.4 Å². The van der Waals surface area contributed by atoms with Crippen LogP contribution in [0.2, 0.25) is 5.02 Å². The number of carbonyl (C=O) groups is 2. The van der Waals surface area contributed by atoms with E-state index in [1.807, 2.05) is 25.1 Å². The van der Waals surface area contributed by atoms with Crippen LogP contribution in [0, 0.1) is 6.92 Å². The molecule has 1 atom stereocenters. The van der Waals surface area contributed by atoms with Crippen molar-refractivity contribution >= 4 is 29.1 Å². The highest BCUT2D eigenvalue weighted by Crippen LogP contribution is 2.17. The lowest BCUT2D eigenvalue weighted by Gasteiger charge is -2.14. The average molecular weight is 383 g/mol. The molecule has 0 spiro atoms. The van der Waals surface area contributed by atoms with E-state index in [9.17, 15) is 9.59 Å². The third kappa shape index (κ3) is 4.99. The Morgan fingerprint density at radius 1 is 1.15 bits per heavy atom. The van der Waals surface area contributed by atoms with Crippen molar-refractivity contribution in [2.24, 2.45) is 0 Å². The summed E-state index contributed by atoms with van der Waals surface area (Å²) in [5.41, 5.74) is 2.11. The molecule has 1 heterocycles. The summed E-state index contributed by atoms with van der Waals surface area (Å²) in [5, 5.41) is 5.75. The fourth-order valence-electron chi connectivity index (χ4n) is 2.54. The van der Waals surface area contributed by atoms with Gasteiger partial charge in [-0.2, -0.15) is 0 Å². The van der Waals surface area contributed by atoms with Crippen molar-refractivity contribution in [2.45, 2.75) is 19.4 Å². The number of ether oxygens (including phenoxy) is 1. The van der Waals surface area contributed by atoms with Gasteiger partial charge in [0, 0.05) is 12.1 Å². The minimum atomic E-state index is -0.461. The number of benzene rings is 2. The molecule has 0 aromatic heterocycles. The molecule has 0 saturated carbocycles. The van der Waals surface area contributed by atoms with Crippen molar-refractivity contribution in [3.8, 4) is 0 Å². The lowest BCUT2D eigenvalue weighted by atomic mass is 10.1. The molecular formula is C21H19ClN2O3. The maximum absolute atomic E-state index is 12.7. The molecule has 2 aromatic carbocycles. The number of nitrogens with one attached hydrogen (secondary N) is 2. The van der Waals surface area contributed by atoms with Crippen LogP contribution in [0.3, 0.4) is 0 Å². The predicted molar refractivity (Wildman–Crippen MR) is 105 cm³/mol. The molecule has 1 aliphatic heterocycles. The van der Waals surface area contributed by atoms with Crippen LogP contribution >= 0.6 is 11.6 Å². The van der Waals surface area contributed by atoms with Crippen molar-refractivity contribution in [1.29, 1.82) is 0 Å². The zero-order valence-corrected chi connectivity index (χ0v) is 15.5. The molecular weight excluding hydrogens is 364 g/mol. The number of anilines is 1. The lowest BCUT2D eigenvalue weighted by molar-refractivity contribution is -0.113. The van der Waals surface area contributed by atoms with Gasteiger partial charge in [0.25, 0.3) is 11.8 Å². The van der Waals surface area contributed by atoms with Crippen molar-refractivity contribution in [1.82, 2.24) is 5.32 Å². The minimum absolute atomic E-state index is 0.106. The molecule has 3 rings (SSSR count). The smallest absolute Gasteiger partial charge is 0.271 e. The average Bonchev–Trinajstić information content (AvgIpc) is 3.16. The number of aryl methyl sites for hydroxylation is 1. The fourth-order valence-corrected chi connectivity index (χ4v) is 2.76. The van der Waals surface area contributed by atoms with E-state index in [2.05, 4.69) is 10.6 Å². The van der Waals surface area contributed by atoms with E-state index in [-0.39, 0.29) is 11.8 Å². The van der Waals surface area contributed by atoms with Crippen LogP contribution in [0.25, 0.3) is 0 Å². The van der Waals surface area contributed by atoms with Crippen LogP contribution in [-0.2, 0) is 9.53 Å². The van der Waals surface area contributed by atoms with E-state index < -0.39 is 11.8 Å². The summed E-state index contributed by atoms with van der Waals surface area (Å²) >= 11 is 6.08. The molecule has 2 aromatic rings. The zero-order valence-electron chi connectivity index (χ0n) is 14.7. The summed E-state index contributed by atoms with van der Waals surface area (Å²) in [5.74, 6) is -0.897. The van der Waals surface area contributed by atoms with E-state index in [0.29, 0.717) is 22.7 Å². The first kappa shape index (κ1) is 18.7. The molecule has 1 unspecified atom stereocenters. The summed E-state index contributed by atoms with van der Waals surface area (Å²) in [7, 11) is 0. The van der Waals surface area contributed by atoms with Gasteiger partial charge in [-0.15, -0.1) is 0 Å². The Labute approximate surface area is 162 Å². The second-order valence-electron chi connectivity index (χ2n) is 6.12. The first-order valence-electron chi connectivity index (χ1n) is 8.49. The van der Waals surface area contributed by atoms with E-state index in [4.69, 9.17) is 16.3 Å². The lowest BCUT2D eigenvalue weighted by Crippen LogP contribution is -2.32. The van der Waals surface area contributed by atoms with Gasteiger partial charge in [-0.1, -0.05) is 41.4 Å². The largest absolute Gasteiger partial charge is 0.494 e. The molecule has 0 radical (unpaired) electrons. The molecule has 0 saturated heterocycles. The normalized spacial score (nSPS) is 15.9. The van der Waals surface area contributed by atoms with Gasteiger partial charge in [-0.05, 0) is 43.3 Å². The summed E-state index contributed by atoms with van der Waals surface area (Å²) in [6, 6.07) is 14.1. The van der Waals surface area contributed by atoms with Crippen LogP contribution in [0.1, 0.15) is 22.3 Å². The molecule has 6 heteroatoms.